The second-order valence-electron chi connectivity index (χ2n) is 6.31. The first-order valence-electron chi connectivity index (χ1n) is 7.50. The summed E-state index contributed by atoms with van der Waals surface area (Å²) in [4.78, 5) is 16.9. The van der Waals surface area contributed by atoms with Crippen molar-refractivity contribution in [3.63, 3.8) is 0 Å². The first-order valence-corrected chi connectivity index (χ1v) is 9.39. The molecule has 1 aliphatic heterocycles. The Hall–Kier alpha value is -2.54. The minimum absolute atomic E-state index is 0.0627. The highest BCUT2D eigenvalue weighted by atomic mass is 32.2. The van der Waals surface area contributed by atoms with Crippen LogP contribution in [-0.4, -0.2) is 31.0 Å². The van der Waals surface area contributed by atoms with E-state index >= 15 is 0 Å². The molecule has 130 valence electrons. The maximum Gasteiger partial charge on any atom is 0.210 e. The quantitative estimate of drug-likeness (QED) is 0.840. The van der Waals surface area contributed by atoms with Crippen LogP contribution in [0.2, 0.25) is 0 Å². The zero-order valence-corrected chi connectivity index (χ0v) is 14.7. The van der Waals surface area contributed by atoms with Crippen LogP contribution in [0.1, 0.15) is 25.1 Å². The first-order chi connectivity index (χ1) is 11.6. The predicted molar refractivity (Wildman–Crippen MR) is 90.7 cm³/mol. The summed E-state index contributed by atoms with van der Waals surface area (Å²) in [5.41, 5.74) is -0.192. The normalized spacial score (nSPS) is 16.9. The van der Waals surface area contributed by atoms with E-state index in [1.807, 2.05) is 0 Å². The average molecular weight is 361 g/mol. The molecule has 1 aromatic carbocycles. The molecule has 0 atom stereocenters. The molecule has 7 heteroatoms. The Morgan fingerprint density at radius 3 is 2.44 bits per heavy atom. The fourth-order valence-corrected chi connectivity index (χ4v) is 3.14. The van der Waals surface area contributed by atoms with Gasteiger partial charge in [0.15, 0.2) is 21.2 Å². The van der Waals surface area contributed by atoms with Gasteiger partial charge >= 0.3 is 0 Å². The number of benzene rings is 1. The predicted octanol–water partition coefficient (Wildman–Crippen LogP) is 2.87. The SMILES string of the molecule is CC1(C)OC(c2ccc(S(C)(=O)=O)cn2)=C(c2cccc(F)c2)C1=O. The van der Waals surface area contributed by atoms with Crippen molar-refractivity contribution in [3.8, 4) is 0 Å². The topological polar surface area (TPSA) is 73.3 Å². The summed E-state index contributed by atoms with van der Waals surface area (Å²) < 4.78 is 42.5. The van der Waals surface area contributed by atoms with Crippen molar-refractivity contribution in [3.05, 3.63) is 59.7 Å². The van der Waals surface area contributed by atoms with Gasteiger partial charge in [0.25, 0.3) is 0 Å². The monoisotopic (exact) mass is 361 g/mol. The molecule has 0 fully saturated rings. The van der Waals surface area contributed by atoms with Crippen molar-refractivity contribution in [2.24, 2.45) is 0 Å². The largest absolute Gasteiger partial charge is 0.477 e. The maximum absolute atomic E-state index is 13.6. The number of carbonyl (C=O) groups excluding carboxylic acids is 1. The number of hydrogen-bond donors (Lipinski definition) is 0. The molecule has 0 bridgehead atoms. The molecule has 2 heterocycles. The number of hydrogen-bond acceptors (Lipinski definition) is 5. The fourth-order valence-electron chi connectivity index (χ4n) is 2.58. The molecule has 0 N–H and O–H groups in total. The Bertz CT molecular complexity index is 992. The molecular weight excluding hydrogens is 345 g/mol. The number of ether oxygens (including phenoxy) is 1. The van der Waals surface area contributed by atoms with E-state index in [9.17, 15) is 17.6 Å². The number of ketones is 1. The fraction of sp³-hybridized carbons (Fsp3) is 0.222. The zero-order valence-electron chi connectivity index (χ0n) is 13.9. The molecule has 0 amide bonds. The van der Waals surface area contributed by atoms with Gasteiger partial charge in [0.2, 0.25) is 5.78 Å². The summed E-state index contributed by atoms with van der Waals surface area (Å²) in [6.45, 7) is 3.24. The Morgan fingerprint density at radius 2 is 1.88 bits per heavy atom. The van der Waals surface area contributed by atoms with Gasteiger partial charge in [-0.2, -0.15) is 0 Å². The first kappa shape index (κ1) is 17.3. The standard InChI is InChI=1S/C18H16FNO4S/c1-18(2)17(21)15(11-5-4-6-12(19)9-11)16(24-18)14-8-7-13(10-20-14)25(3,22)23/h4-10H,1-3H3. The third kappa shape index (κ3) is 3.19. The van der Waals surface area contributed by atoms with Crippen LogP contribution in [-0.2, 0) is 19.4 Å². The van der Waals surface area contributed by atoms with Crippen LogP contribution in [0.3, 0.4) is 0 Å². The molecule has 0 saturated carbocycles. The summed E-state index contributed by atoms with van der Waals surface area (Å²) in [5.74, 6) is -0.551. The van der Waals surface area contributed by atoms with Gasteiger partial charge in [-0.3, -0.25) is 9.78 Å². The van der Waals surface area contributed by atoms with E-state index in [4.69, 9.17) is 4.74 Å². The van der Waals surface area contributed by atoms with Crippen molar-refractivity contribution < 1.29 is 22.3 Å². The summed E-state index contributed by atoms with van der Waals surface area (Å²) in [6.07, 6.45) is 2.29. The van der Waals surface area contributed by atoms with Crippen LogP contribution in [0, 0.1) is 5.82 Å². The van der Waals surface area contributed by atoms with E-state index in [1.165, 1.54) is 36.5 Å². The Morgan fingerprint density at radius 1 is 1.16 bits per heavy atom. The van der Waals surface area contributed by atoms with Crippen molar-refractivity contribution >= 4 is 27.0 Å². The second kappa shape index (κ2) is 5.77. The van der Waals surface area contributed by atoms with Gasteiger partial charge in [-0.1, -0.05) is 12.1 Å². The number of rotatable bonds is 3. The van der Waals surface area contributed by atoms with E-state index in [1.54, 1.807) is 19.9 Å². The Kier molecular flexibility index (Phi) is 3.99. The molecule has 0 spiro atoms. The number of aromatic nitrogens is 1. The molecule has 1 aromatic heterocycles. The summed E-state index contributed by atoms with van der Waals surface area (Å²) in [6, 6.07) is 8.53. The average Bonchev–Trinajstić information content (AvgIpc) is 2.77. The van der Waals surface area contributed by atoms with Gasteiger partial charge in [-0.25, -0.2) is 12.8 Å². The van der Waals surface area contributed by atoms with E-state index in [-0.39, 0.29) is 22.0 Å². The number of carbonyl (C=O) groups is 1. The number of Topliss-reactive ketones (excluding diaryl/α,β-unsaturated/α-hetero) is 1. The third-order valence-electron chi connectivity index (χ3n) is 3.87. The molecule has 0 aliphatic carbocycles. The summed E-state index contributed by atoms with van der Waals surface area (Å²) >= 11 is 0. The summed E-state index contributed by atoms with van der Waals surface area (Å²) in [7, 11) is -3.38. The van der Waals surface area contributed by atoms with Crippen molar-refractivity contribution in [1.82, 2.24) is 4.98 Å². The molecule has 0 unspecified atom stereocenters. The minimum atomic E-state index is -3.38. The van der Waals surface area contributed by atoms with Gasteiger partial charge < -0.3 is 4.74 Å². The van der Waals surface area contributed by atoms with Crippen LogP contribution in [0.25, 0.3) is 11.3 Å². The second-order valence-corrected chi connectivity index (χ2v) is 8.32. The number of sulfone groups is 1. The molecule has 0 saturated heterocycles. The van der Waals surface area contributed by atoms with Crippen LogP contribution in [0.15, 0.2) is 47.5 Å². The highest BCUT2D eigenvalue weighted by Gasteiger charge is 2.43. The van der Waals surface area contributed by atoms with Gasteiger partial charge in [0.1, 0.15) is 11.5 Å². The van der Waals surface area contributed by atoms with E-state index in [2.05, 4.69) is 4.98 Å². The van der Waals surface area contributed by atoms with E-state index < -0.39 is 21.3 Å². The number of pyridine rings is 1. The van der Waals surface area contributed by atoms with Crippen LogP contribution >= 0.6 is 0 Å². The van der Waals surface area contributed by atoms with Crippen molar-refractivity contribution in [1.29, 1.82) is 0 Å². The lowest BCUT2D eigenvalue weighted by Crippen LogP contribution is -2.29. The van der Waals surface area contributed by atoms with Gasteiger partial charge in [0, 0.05) is 12.5 Å². The molecule has 3 rings (SSSR count). The van der Waals surface area contributed by atoms with Crippen LogP contribution in [0.4, 0.5) is 4.39 Å². The summed E-state index contributed by atoms with van der Waals surface area (Å²) in [5, 5.41) is 0. The highest BCUT2D eigenvalue weighted by molar-refractivity contribution is 7.90. The molecule has 5 nitrogen and oxygen atoms in total. The zero-order chi connectivity index (χ0) is 18.4. The molecular formula is C18H16FNO4S. The van der Waals surface area contributed by atoms with Crippen molar-refractivity contribution in [2.45, 2.75) is 24.3 Å². The van der Waals surface area contributed by atoms with Gasteiger partial charge in [-0.05, 0) is 43.7 Å². The Labute approximate surface area is 145 Å². The smallest absolute Gasteiger partial charge is 0.210 e. The van der Waals surface area contributed by atoms with Gasteiger partial charge in [0.05, 0.1) is 10.5 Å². The van der Waals surface area contributed by atoms with E-state index in [0.717, 1.165) is 6.26 Å². The van der Waals surface area contributed by atoms with Crippen LogP contribution < -0.4 is 0 Å². The van der Waals surface area contributed by atoms with Crippen molar-refractivity contribution in [2.75, 3.05) is 6.26 Å². The molecule has 2 aromatic rings. The molecule has 25 heavy (non-hydrogen) atoms. The minimum Gasteiger partial charge on any atom is -0.477 e. The van der Waals surface area contributed by atoms with Gasteiger partial charge in [-0.15, -0.1) is 0 Å². The maximum atomic E-state index is 13.6. The lowest BCUT2D eigenvalue weighted by atomic mass is 9.93. The third-order valence-corrected chi connectivity index (χ3v) is 4.97. The lowest BCUT2D eigenvalue weighted by Gasteiger charge is -2.17. The Balaban J connectivity index is 2.17. The number of halogens is 1. The van der Waals surface area contributed by atoms with Crippen LogP contribution in [0.5, 0.6) is 0 Å². The molecule has 1 aliphatic rings. The highest BCUT2D eigenvalue weighted by Crippen LogP contribution is 2.40. The lowest BCUT2D eigenvalue weighted by molar-refractivity contribution is -0.125. The van der Waals surface area contributed by atoms with E-state index in [0.29, 0.717) is 11.3 Å². The molecule has 0 radical (unpaired) electrons. The number of nitrogens with zero attached hydrogens (tertiary/aromatic N) is 1.